The van der Waals surface area contributed by atoms with Crippen LogP contribution in [0.5, 0.6) is 0 Å². The van der Waals surface area contributed by atoms with Crippen molar-refractivity contribution in [2.24, 2.45) is 0 Å². The number of thiophene rings is 1. The molecule has 1 aliphatic rings. The van der Waals surface area contributed by atoms with Gasteiger partial charge in [-0.2, -0.15) is 13.2 Å². The Bertz CT molecular complexity index is 1320. The van der Waals surface area contributed by atoms with Crippen molar-refractivity contribution in [1.82, 2.24) is 0 Å². The summed E-state index contributed by atoms with van der Waals surface area (Å²) in [6.45, 7) is 1.99. The molecule has 1 unspecified atom stereocenters. The van der Waals surface area contributed by atoms with Crippen molar-refractivity contribution in [3.05, 3.63) is 80.3 Å². The molecule has 0 fully saturated rings. The van der Waals surface area contributed by atoms with Crippen LogP contribution >= 0.6 is 33.9 Å². The Morgan fingerprint density at radius 1 is 1.18 bits per heavy atom. The largest absolute Gasteiger partial charge is 0.414 e. The van der Waals surface area contributed by atoms with Gasteiger partial charge < -0.3 is 5.11 Å². The van der Waals surface area contributed by atoms with E-state index >= 15 is 0 Å². The van der Waals surface area contributed by atoms with E-state index in [1.54, 1.807) is 40.0 Å². The van der Waals surface area contributed by atoms with Crippen LogP contribution in [0.15, 0.2) is 63.6 Å². The summed E-state index contributed by atoms with van der Waals surface area (Å²) in [5, 5.41) is 12.6. The average molecular weight is 594 g/mol. The number of carbonyl (C=O) groups is 1. The fourth-order valence-electron chi connectivity index (χ4n) is 4.18. The second kappa shape index (κ2) is 10.2. The van der Waals surface area contributed by atoms with E-state index in [1.807, 2.05) is 42.6 Å². The highest BCUT2D eigenvalue weighted by Crippen LogP contribution is 2.44. The molecule has 1 N–H and O–H groups in total. The van der Waals surface area contributed by atoms with Crippen LogP contribution in [-0.2, 0) is 4.79 Å². The number of hydrogen-bond acceptors (Lipinski definition) is 3. The second-order valence-corrected chi connectivity index (χ2v) is 10.2. The molecule has 0 radical (unpaired) electrons. The molecule has 2 aromatic carbocycles. The van der Waals surface area contributed by atoms with Crippen molar-refractivity contribution in [3.8, 4) is 11.1 Å². The number of halogens is 4. The first kappa shape index (κ1) is 24.9. The first-order valence-corrected chi connectivity index (χ1v) is 12.8. The van der Waals surface area contributed by atoms with Gasteiger partial charge in [0, 0.05) is 22.1 Å². The maximum absolute atomic E-state index is 12.8. The summed E-state index contributed by atoms with van der Waals surface area (Å²) in [7, 11) is 0. The Balaban J connectivity index is 1.93. The quantitative estimate of drug-likeness (QED) is 0.231. The highest BCUT2D eigenvalue weighted by Gasteiger charge is 2.39. The van der Waals surface area contributed by atoms with Gasteiger partial charge in [-0.05, 0) is 87.7 Å². The molecular formula is C27H22F3IO2S. The smallest absolute Gasteiger partial charge is 0.383 e. The molecule has 3 aromatic rings. The standard InChI is InChI=1S/C27H22F3IO2S/c1-16-20(14-21(31)22(32)15-23(33)27(28,29)30)25(18-10-6-3-7-11-18)26-19(12-13-34-26)24(16)17-8-4-2-5-9-17/h3-4,6-14,23,33H,2,5,15H2,1H3/b21-14-. The summed E-state index contributed by atoms with van der Waals surface area (Å²) in [5.74, 6) is -0.742. The van der Waals surface area contributed by atoms with E-state index in [-0.39, 0.29) is 3.58 Å². The molecule has 1 aromatic heterocycles. The van der Waals surface area contributed by atoms with Crippen molar-refractivity contribution < 1.29 is 23.1 Å². The van der Waals surface area contributed by atoms with Crippen LogP contribution in [0.3, 0.4) is 0 Å². The second-order valence-electron chi connectivity index (χ2n) is 8.13. The van der Waals surface area contributed by atoms with Gasteiger partial charge in [-0.1, -0.05) is 48.6 Å². The molecule has 0 saturated heterocycles. The number of hydrogen-bond donors (Lipinski definition) is 1. The molecule has 1 heterocycles. The lowest BCUT2D eigenvalue weighted by molar-refractivity contribution is -0.205. The van der Waals surface area contributed by atoms with Crippen LogP contribution in [0.4, 0.5) is 13.2 Å². The molecule has 0 bridgehead atoms. The van der Waals surface area contributed by atoms with Crippen LogP contribution in [0.25, 0.3) is 32.9 Å². The number of aliphatic hydroxyl groups excluding tert-OH is 1. The summed E-state index contributed by atoms with van der Waals surface area (Å²) in [4.78, 5) is 12.6. The molecule has 1 atom stereocenters. The maximum atomic E-state index is 12.8. The maximum Gasteiger partial charge on any atom is 0.414 e. The Kier molecular flexibility index (Phi) is 7.45. The molecule has 176 valence electrons. The third-order valence-electron chi connectivity index (χ3n) is 5.85. The Labute approximate surface area is 213 Å². The number of carbonyl (C=O) groups excluding carboxylic acids is 1. The van der Waals surface area contributed by atoms with Crippen LogP contribution in [0.2, 0.25) is 0 Å². The van der Waals surface area contributed by atoms with Gasteiger partial charge >= 0.3 is 6.18 Å². The van der Waals surface area contributed by atoms with Crippen molar-refractivity contribution in [2.45, 2.75) is 38.5 Å². The molecule has 7 heteroatoms. The van der Waals surface area contributed by atoms with Gasteiger partial charge in [-0.25, -0.2) is 0 Å². The number of rotatable bonds is 6. The third kappa shape index (κ3) is 5.06. The van der Waals surface area contributed by atoms with Crippen LogP contribution in [0, 0.1) is 6.92 Å². The molecule has 0 saturated carbocycles. The minimum atomic E-state index is -4.83. The third-order valence-corrected chi connectivity index (χ3v) is 7.70. The van der Waals surface area contributed by atoms with Gasteiger partial charge in [0.15, 0.2) is 11.9 Å². The van der Waals surface area contributed by atoms with E-state index < -0.39 is 24.5 Å². The van der Waals surface area contributed by atoms with Crippen LogP contribution in [-0.4, -0.2) is 23.2 Å². The van der Waals surface area contributed by atoms with E-state index in [0.717, 1.165) is 56.3 Å². The lowest BCUT2D eigenvalue weighted by Gasteiger charge is -2.20. The molecule has 0 amide bonds. The summed E-state index contributed by atoms with van der Waals surface area (Å²) >= 11 is 3.38. The lowest BCUT2D eigenvalue weighted by Crippen LogP contribution is -2.30. The molecule has 4 rings (SSSR count). The van der Waals surface area contributed by atoms with Gasteiger partial charge in [-0.15, -0.1) is 11.3 Å². The first-order chi connectivity index (χ1) is 16.2. The van der Waals surface area contributed by atoms with Crippen LogP contribution < -0.4 is 0 Å². The highest BCUT2D eigenvalue weighted by molar-refractivity contribution is 14.1. The van der Waals surface area contributed by atoms with Gasteiger partial charge in [0.05, 0.1) is 3.58 Å². The lowest BCUT2D eigenvalue weighted by atomic mass is 9.85. The van der Waals surface area contributed by atoms with E-state index in [1.165, 1.54) is 0 Å². The van der Waals surface area contributed by atoms with Gasteiger partial charge in [-0.3, -0.25) is 4.79 Å². The van der Waals surface area contributed by atoms with Crippen molar-refractivity contribution in [3.63, 3.8) is 0 Å². The zero-order valence-electron chi connectivity index (χ0n) is 18.3. The minimum absolute atomic E-state index is 0.149. The Morgan fingerprint density at radius 2 is 1.91 bits per heavy atom. The van der Waals surface area contributed by atoms with Gasteiger partial charge in [0.25, 0.3) is 0 Å². The monoisotopic (exact) mass is 594 g/mol. The van der Waals surface area contributed by atoms with Crippen molar-refractivity contribution in [1.29, 1.82) is 0 Å². The molecule has 34 heavy (non-hydrogen) atoms. The van der Waals surface area contributed by atoms with E-state index in [2.05, 4.69) is 24.3 Å². The number of alkyl halides is 3. The minimum Gasteiger partial charge on any atom is -0.383 e. The molecular weight excluding hydrogens is 572 g/mol. The number of fused-ring (bicyclic) bond motifs is 1. The molecule has 0 spiro atoms. The topological polar surface area (TPSA) is 37.3 Å². The summed E-state index contributed by atoms with van der Waals surface area (Å²) < 4.78 is 39.6. The Morgan fingerprint density at radius 3 is 2.56 bits per heavy atom. The number of Topliss-reactive ketones (excluding diaryl/α,β-unsaturated/α-hetero) is 1. The predicted molar refractivity (Wildman–Crippen MR) is 142 cm³/mol. The predicted octanol–water partition coefficient (Wildman–Crippen LogP) is 8.27. The summed E-state index contributed by atoms with van der Waals surface area (Å²) in [5.41, 5.74) is 5.86. The number of ketones is 1. The normalized spacial score (nSPS) is 15.5. The first-order valence-electron chi connectivity index (χ1n) is 10.8. The fraction of sp³-hybridized carbons (Fsp3) is 0.222. The van der Waals surface area contributed by atoms with E-state index in [9.17, 15) is 23.1 Å². The number of allylic oxidation sites excluding steroid dienone is 5. The SMILES string of the molecule is Cc1c(/C=C(\I)C(=O)CC(O)C(F)(F)F)c(-c2ccccc2)c2sccc2c1C1=CCCC=C1. The fourth-order valence-corrected chi connectivity index (χ4v) is 5.70. The van der Waals surface area contributed by atoms with Crippen molar-refractivity contribution in [2.75, 3.05) is 0 Å². The Hall–Kier alpha value is -2.23. The molecule has 0 aliphatic heterocycles. The molecule has 1 aliphatic carbocycles. The van der Waals surface area contributed by atoms with E-state index in [0.29, 0.717) is 0 Å². The summed E-state index contributed by atoms with van der Waals surface area (Å²) in [6, 6.07) is 11.9. The zero-order valence-corrected chi connectivity index (χ0v) is 21.3. The van der Waals surface area contributed by atoms with Crippen LogP contribution in [0.1, 0.15) is 36.0 Å². The average Bonchev–Trinajstić information content (AvgIpc) is 3.28. The van der Waals surface area contributed by atoms with Gasteiger partial charge in [0.1, 0.15) is 0 Å². The van der Waals surface area contributed by atoms with Gasteiger partial charge in [0.2, 0.25) is 0 Å². The number of benzene rings is 2. The number of aliphatic hydroxyl groups is 1. The molecule has 2 nitrogen and oxygen atoms in total. The highest BCUT2D eigenvalue weighted by atomic mass is 127. The summed E-state index contributed by atoms with van der Waals surface area (Å²) in [6.07, 6.45) is 1.52. The zero-order chi connectivity index (χ0) is 24.5. The van der Waals surface area contributed by atoms with Crippen molar-refractivity contribution >= 4 is 61.4 Å². The van der Waals surface area contributed by atoms with E-state index in [4.69, 9.17) is 0 Å².